The maximum Gasteiger partial charge on any atom is 0.271 e. The van der Waals surface area contributed by atoms with Gasteiger partial charge < -0.3 is 10.4 Å². The fourth-order valence-corrected chi connectivity index (χ4v) is 2.24. The highest BCUT2D eigenvalue weighted by Crippen LogP contribution is 2.23. The van der Waals surface area contributed by atoms with Gasteiger partial charge in [-0.15, -0.1) is 11.3 Å². The van der Waals surface area contributed by atoms with Crippen LogP contribution < -0.4 is 5.32 Å². The summed E-state index contributed by atoms with van der Waals surface area (Å²) >= 11 is 1.58. The van der Waals surface area contributed by atoms with Gasteiger partial charge in [0.25, 0.3) is 5.91 Å². The van der Waals surface area contributed by atoms with Gasteiger partial charge in [0.05, 0.1) is 16.2 Å². The third-order valence-corrected chi connectivity index (χ3v) is 4.35. The van der Waals surface area contributed by atoms with Crippen LogP contribution in [0.2, 0.25) is 0 Å². The Labute approximate surface area is 122 Å². The van der Waals surface area contributed by atoms with Crippen molar-refractivity contribution in [3.8, 4) is 10.6 Å². The van der Waals surface area contributed by atoms with E-state index < -0.39 is 5.60 Å². The van der Waals surface area contributed by atoms with Gasteiger partial charge in [-0.05, 0) is 30.4 Å². The standard InChI is InChI=1S/C14H19N3O2S/c1-9(2)14(3,19)8-15-13(18)11-7-10(16-17-11)12-5-4-6-20-12/h4-7,9,19H,8H2,1-3H3,(H,15,18)(H,16,17). The Balaban J connectivity index is 2.00. The van der Waals surface area contributed by atoms with Crippen LogP contribution >= 0.6 is 11.3 Å². The molecule has 2 rings (SSSR count). The number of nitrogens with one attached hydrogen (secondary N) is 2. The second-order valence-electron chi connectivity index (χ2n) is 5.34. The number of nitrogens with zero attached hydrogens (tertiary/aromatic N) is 1. The van der Waals surface area contributed by atoms with Crippen molar-refractivity contribution >= 4 is 17.2 Å². The molecule has 0 saturated carbocycles. The van der Waals surface area contributed by atoms with Crippen LogP contribution in [0.4, 0.5) is 0 Å². The highest BCUT2D eigenvalue weighted by molar-refractivity contribution is 7.13. The highest BCUT2D eigenvalue weighted by Gasteiger charge is 2.26. The lowest BCUT2D eigenvalue weighted by Gasteiger charge is -2.27. The zero-order chi connectivity index (χ0) is 14.8. The van der Waals surface area contributed by atoms with Crippen LogP contribution in [0.15, 0.2) is 23.6 Å². The van der Waals surface area contributed by atoms with Crippen molar-refractivity contribution in [1.82, 2.24) is 15.5 Å². The van der Waals surface area contributed by atoms with E-state index in [0.29, 0.717) is 5.69 Å². The Kier molecular flexibility index (Phi) is 4.25. The molecule has 0 bridgehead atoms. The molecule has 2 aromatic heterocycles. The zero-order valence-electron chi connectivity index (χ0n) is 11.8. The summed E-state index contributed by atoms with van der Waals surface area (Å²) in [6, 6.07) is 5.62. The molecule has 0 saturated heterocycles. The molecule has 2 heterocycles. The fourth-order valence-electron chi connectivity index (χ4n) is 1.55. The number of thiophene rings is 1. The molecule has 0 spiro atoms. The maximum absolute atomic E-state index is 12.0. The molecule has 0 aliphatic carbocycles. The number of amides is 1. The van der Waals surface area contributed by atoms with Crippen molar-refractivity contribution in [2.45, 2.75) is 26.4 Å². The van der Waals surface area contributed by atoms with Gasteiger partial charge in [0, 0.05) is 6.54 Å². The van der Waals surface area contributed by atoms with E-state index >= 15 is 0 Å². The van der Waals surface area contributed by atoms with E-state index in [-0.39, 0.29) is 18.4 Å². The van der Waals surface area contributed by atoms with Crippen molar-refractivity contribution in [1.29, 1.82) is 0 Å². The van der Waals surface area contributed by atoms with Crippen molar-refractivity contribution in [2.75, 3.05) is 6.54 Å². The van der Waals surface area contributed by atoms with Crippen LogP contribution in [0.5, 0.6) is 0 Å². The highest BCUT2D eigenvalue weighted by atomic mass is 32.1. The Hall–Kier alpha value is -1.66. The smallest absolute Gasteiger partial charge is 0.271 e. The van der Waals surface area contributed by atoms with E-state index in [0.717, 1.165) is 10.6 Å². The second-order valence-corrected chi connectivity index (χ2v) is 6.29. The van der Waals surface area contributed by atoms with E-state index in [1.807, 2.05) is 31.4 Å². The van der Waals surface area contributed by atoms with Crippen molar-refractivity contribution < 1.29 is 9.90 Å². The molecule has 3 N–H and O–H groups in total. The van der Waals surface area contributed by atoms with Crippen LogP contribution in [0.25, 0.3) is 10.6 Å². The van der Waals surface area contributed by atoms with E-state index in [4.69, 9.17) is 0 Å². The molecule has 0 radical (unpaired) electrons. The van der Waals surface area contributed by atoms with Gasteiger partial charge in [-0.3, -0.25) is 9.89 Å². The molecule has 1 unspecified atom stereocenters. The molecule has 20 heavy (non-hydrogen) atoms. The van der Waals surface area contributed by atoms with Gasteiger partial charge >= 0.3 is 0 Å². The molecular weight excluding hydrogens is 274 g/mol. The fraction of sp³-hybridized carbons (Fsp3) is 0.429. The predicted molar refractivity (Wildman–Crippen MR) is 79.7 cm³/mol. The number of carbonyl (C=O) groups is 1. The molecule has 2 aromatic rings. The van der Waals surface area contributed by atoms with Gasteiger partial charge in [0.15, 0.2) is 5.69 Å². The summed E-state index contributed by atoms with van der Waals surface area (Å²) in [7, 11) is 0. The molecule has 0 aliphatic heterocycles. The second kappa shape index (κ2) is 5.76. The third kappa shape index (κ3) is 3.26. The van der Waals surface area contributed by atoms with Gasteiger partial charge in [-0.2, -0.15) is 5.10 Å². The van der Waals surface area contributed by atoms with Crippen molar-refractivity contribution in [2.24, 2.45) is 5.92 Å². The Bertz CT molecular complexity index is 573. The number of hydrogen-bond donors (Lipinski definition) is 3. The number of aliphatic hydroxyl groups is 1. The first-order valence-electron chi connectivity index (χ1n) is 6.50. The number of aromatic amines is 1. The average molecular weight is 293 g/mol. The molecular formula is C14H19N3O2S. The Morgan fingerprint density at radius 2 is 2.35 bits per heavy atom. The van der Waals surface area contributed by atoms with E-state index in [1.165, 1.54) is 0 Å². The number of H-pyrrole nitrogens is 1. The minimum Gasteiger partial charge on any atom is -0.388 e. The lowest BCUT2D eigenvalue weighted by Crippen LogP contribution is -2.44. The molecule has 0 aromatic carbocycles. The normalized spacial score (nSPS) is 14.2. The lowest BCUT2D eigenvalue weighted by atomic mass is 9.92. The van der Waals surface area contributed by atoms with Crippen LogP contribution in [0.1, 0.15) is 31.3 Å². The SMILES string of the molecule is CC(C)C(C)(O)CNC(=O)c1cc(-c2cccs2)[nH]n1. The molecule has 6 heteroatoms. The molecule has 0 aliphatic rings. The predicted octanol–water partition coefficient (Wildman–Crippen LogP) is 2.27. The van der Waals surface area contributed by atoms with Crippen LogP contribution in [-0.4, -0.2) is 33.4 Å². The Morgan fingerprint density at radius 1 is 1.60 bits per heavy atom. The van der Waals surface area contributed by atoms with Gasteiger partial charge in [0.1, 0.15) is 0 Å². The van der Waals surface area contributed by atoms with Crippen molar-refractivity contribution in [3.63, 3.8) is 0 Å². The summed E-state index contributed by atoms with van der Waals surface area (Å²) in [4.78, 5) is 13.0. The number of aromatic nitrogens is 2. The summed E-state index contributed by atoms with van der Waals surface area (Å²) in [6.45, 7) is 5.73. The minimum atomic E-state index is -0.928. The minimum absolute atomic E-state index is 0.0589. The first kappa shape index (κ1) is 14.7. The third-order valence-electron chi connectivity index (χ3n) is 3.45. The van der Waals surface area contributed by atoms with Crippen LogP contribution in [0, 0.1) is 5.92 Å². The summed E-state index contributed by atoms with van der Waals surface area (Å²) in [5.74, 6) is -0.228. The first-order valence-corrected chi connectivity index (χ1v) is 7.38. The molecule has 1 amide bonds. The summed E-state index contributed by atoms with van der Waals surface area (Å²) < 4.78 is 0. The number of carbonyl (C=O) groups excluding carboxylic acids is 1. The van der Waals surface area contributed by atoms with E-state index in [1.54, 1.807) is 24.3 Å². The zero-order valence-corrected chi connectivity index (χ0v) is 12.6. The quantitative estimate of drug-likeness (QED) is 0.791. The largest absolute Gasteiger partial charge is 0.388 e. The topological polar surface area (TPSA) is 78.0 Å². The monoisotopic (exact) mass is 293 g/mol. The van der Waals surface area contributed by atoms with Crippen LogP contribution in [0.3, 0.4) is 0 Å². The summed E-state index contributed by atoms with van der Waals surface area (Å²) in [5, 5.41) is 21.6. The first-order chi connectivity index (χ1) is 9.40. The molecule has 0 fully saturated rings. The Morgan fingerprint density at radius 3 is 2.95 bits per heavy atom. The van der Waals surface area contributed by atoms with E-state index in [9.17, 15) is 9.90 Å². The molecule has 5 nitrogen and oxygen atoms in total. The molecule has 1 atom stereocenters. The van der Waals surface area contributed by atoms with Crippen LogP contribution in [-0.2, 0) is 0 Å². The van der Waals surface area contributed by atoms with Gasteiger partial charge in [-0.1, -0.05) is 19.9 Å². The number of hydrogen-bond acceptors (Lipinski definition) is 4. The average Bonchev–Trinajstić information content (AvgIpc) is 3.05. The lowest BCUT2D eigenvalue weighted by molar-refractivity contribution is 0.0142. The summed E-state index contributed by atoms with van der Waals surface area (Å²) in [5.41, 5.74) is 0.219. The van der Waals surface area contributed by atoms with E-state index in [2.05, 4.69) is 15.5 Å². The maximum atomic E-state index is 12.0. The molecule has 108 valence electrons. The van der Waals surface area contributed by atoms with Gasteiger partial charge in [-0.25, -0.2) is 0 Å². The van der Waals surface area contributed by atoms with Gasteiger partial charge in [0.2, 0.25) is 0 Å². The van der Waals surface area contributed by atoms with Crippen molar-refractivity contribution in [3.05, 3.63) is 29.3 Å². The number of rotatable bonds is 5. The summed E-state index contributed by atoms with van der Waals surface area (Å²) in [6.07, 6.45) is 0.